The third-order valence-electron chi connectivity index (χ3n) is 6.94. The van der Waals surface area contributed by atoms with Crippen molar-refractivity contribution in [2.75, 3.05) is 26.4 Å². The third-order valence-corrected chi connectivity index (χ3v) is 6.94. The standard InChI is InChI=1S/C27H34N2O3/c30-27(22-5-7-26(8-6-22)32-18-20-1-2-20)29-25-14-23-4-3-21(13-24(23)15-25)17-28-16-19-9-11-31-12-10-19/h3-8,13,19-20,25,28H,1-2,9-12,14-18H2,(H,29,30). The van der Waals surface area contributed by atoms with Gasteiger partial charge in [0.1, 0.15) is 5.75 Å². The molecular formula is C27H34N2O3. The van der Waals surface area contributed by atoms with Gasteiger partial charge in [0, 0.05) is 31.4 Å². The van der Waals surface area contributed by atoms with Crippen molar-refractivity contribution in [1.82, 2.24) is 10.6 Å². The van der Waals surface area contributed by atoms with Crippen molar-refractivity contribution in [2.24, 2.45) is 11.8 Å². The Balaban J connectivity index is 1.09. The normalized spacial score (nSPS) is 20.7. The molecule has 0 bridgehead atoms. The van der Waals surface area contributed by atoms with Crippen LogP contribution in [0.4, 0.5) is 0 Å². The van der Waals surface area contributed by atoms with E-state index >= 15 is 0 Å². The van der Waals surface area contributed by atoms with E-state index in [0.717, 1.165) is 76.2 Å². The summed E-state index contributed by atoms with van der Waals surface area (Å²) in [7, 11) is 0. The molecule has 170 valence electrons. The number of nitrogens with one attached hydrogen (secondary N) is 2. The van der Waals surface area contributed by atoms with E-state index < -0.39 is 0 Å². The zero-order chi connectivity index (χ0) is 21.8. The monoisotopic (exact) mass is 434 g/mol. The van der Waals surface area contributed by atoms with E-state index in [2.05, 4.69) is 28.8 Å². The van der Waals surface area contributed by atoms with Gasteiger partial charge in [-0.3, -0.25) is 4.79 Å². The summed E-state index contributed by atoms with van der Waals surface area (Å²) in [6.07, 6.45) is 6.68. The first-order valence-corrected chi connectivity index (χ1v) is 12.2. The highest BCUT2D eigenvalue weighted by molar-refractivity contribution is 5.94. The molecule has 2 fully saturated rings. The van der Waals surface area contributed by atoms with Crippen molar-refractivity contribution in [3.05, 3.63) is 64.7 Å². The lowest BCUT2D eigenvalue weighted by molar-refractivity contribution is 0.0662. The number of benzene rings is 2. The number of rotatable bonds is 9. The number of carbonyl (C=O) groups excluding carboxylic acids is 1. The molecule has 1 atom stereocenters. The van der Waals surface area contributed by atoms with Crippen LogP contribution in [0.5, 0.6) is 5.75 Å². The SMILES string of the molecule is O=C(NC1Cc2ccc(CNCC3CCOCC3)cc2C1)c1ccc(OCC2CC2)cc1. The van der Waals surface area contributed by atoms with Crippen LogP contribution in [-0.4, -0.2) is 38.3 Å². The molecule has 5 rings (SSSR count). The van der Waals surface area contributed by atoms with Crippen molar-refractivity contribution < 1.29 is 14.3 Å². The summed E-state index contributed by atoms with van der Waals surface area (Å²) in [5, 5.41) is 6.84. The highest BCUT2D eigenvalue weighted by Gasteiger charge is 2.24. The number of fused-ring (bicyclic) bond motifs is 1. The number of carbonyl (C=O) groups is 1. The summed E-state index contributed by atoms with van der Waals surface area (Å²) in [6.45, 7) is 4.55. The first-order valence-electron chi connectivity index (χ1n) is 12.2. The zero-order valence-corrected chi connectivity index (χ0v) is 18.8. The Hall–Kier alpha value is -2.37. The second kappa shape index (κ2) is 10.1. The summed E-state index contributed by atoms with van der Waals surface area (Å²) in [4.78, 5) is 12.7. The second-order valence-corrected chi connectivity index (χ2v) is 9.65. The number of hydrogen-bond acceptors (Lipinski definition) is 4. The third kappa shape index (κ3) is 5.70. The average molecular weight is 435 g/mol. The molecule has 1 heterocycles. The summed E-state index contributed by atoms with van der Waals surface area (Å²) in [6, 6.07) is 14.5. The van der Waals surface area contributed by atoms with Crippen LogP contribution in [0.1, 0.15) is 52.7 Å². The van der Waals surface area contributed by atoms with Gasteiger partial charge in [-0.1, -0.05) is 18.2 Å². The molecule has 1 aliphatic heterocycles. The Morgan fingerprint density at radius 3 is 2.50 bits per heavy atom. The minimum absolute atomic E-state index is 0.00472. The van der Waals surface area contributed by atoms with Gasteiger partial charge in [0.15, 0.2) is 0 Å². The van der Waals surface area contributed by atoms with Crippen LogP contribution in [0.2, 0.25) is 0 Å². The molecule has 1 saturated heterocycles. The fraction of sp³-hybridized carbons (Fsp3) is 0.519. The molecule has 32 heavy (non-hydrogen) atoms. The van der Waals surface area contributed by atoms with Crippen molar-refractivity contribution in [3.63, 3.8) is 0 Å². The van der Waals surface area contributed by atoms with Gasteiger partial charge in [-0.2, -0.15) is 0 Å². The van der Waals surface area contributed by atoms with Gasteiger partial charge < -0.3 is 20.1 Å². The van der Waals surface area contributed by atoms with Gasteiger partial charge in [0.2, 0.25) is 0 Å². The fourth-order valence-electron chi connectivity index (χ4n) is 4.72. The van der Waals surface area contributed by atoms with Gasteiger partial charge in [-0.05, 0) is 97.9 Å². The molecular weight excluding hydrogens is 400 g/mol. The van der Waals surface area contributed by atoms with Crippen LogP contribution in [0.15, 0.2) is 42.5 Å². The lowest BCUT2D eigenvalue weighted by atomic mass is 10.0. The molecule has 0 radical (unpaired) electrons. The topological polar surface area (TPSA) is 59.6 Å². The maximum absolute atomic E-state index is 12.7. The van der Waals surface area contributed by atoms with E-state index in [1.165, 1.54) is 29.5 Å². The number of ether oxygens (including phenoxy) is 2. The molecule has 2 aliphatic carbocycles. The molecule has 2 aromatic carbocycles. The molecule has 0 aromatic heterocycles. The molecule has 1 saturated carbocycles. The quantitative estimate of drug-likeness (QED) is 0.629. The van der Waals surface area contributed by atoms with Gasteiger partial charge in [-0.25, -0.2) is 0 Å². The molecule has 3 aliphatic rings. The van der Waals surface area contributed by atoms with Gasteiger partial charge in [0.25, 0.3) is 5.91 Å². The molecule has 2 N–H and O–H groups in total. The van der Waals surface area contributed by atoms with E-state index in [1.54, 1.807) is 0 Å². The van der Waals surface area contributed by atoms with Crippen molar-refractivity contribution in [1.29, 1.82) is 0 Å². The average Bonchev–Trinajstić information content (AvgIpc) is 3.57. The Kier molecular flexibility index (Phi) is 6.75. The lowest BCUT2D eigenvalue weighted by Crippen LogP contribution is -2.35. The summed E-state index contributed by atoms with van der Waals surface area (Å²) >= 11 is 0. The van der Waals surface area contributed by atoms with Gasteiger partial charge in [-0.15, -0.1) is 0 Å². The zero-order valence-electron chi connectivity index (χ0n) is 18.8. The Bertz CT molecular complexity index is 917. The molecule has 1 unspecified atom stereocenters. The van der Waals surface area contributed by atoms with Gasteiger partial charge in [0.05, 0.1) is 6.61 Å². The van der Waals surface area contributed by atoms with Crippen molar-refractivity contribution in [2.45, 2.75) is 51.1 Å². The van der Waals surface area contributed by atoms with Gasteiger partial charge >= 0.3 is 0 Å². The van der Waals surface area contributed by atoms with E-state index in [4.69, 9.17) is 9.47 Å². The van der Waals surface area contributed by atoms with Crippen LogP contribution in [0, 0.1) is 11.8 Å². The van der Waals surface area contributed by atoms with Crippen LogP contribution in [0.3, 0.4) is 0 Å². The Labute approximate surface area is 190 Å². The highest BCUT2D eigenvalue weighted by atomic mass is 16.5. The fourth-order valence-corrected chi connectivity index (χ4v) is 4.72. The minimum Gasteiger partial charge on any atom is -0.493 e. The number of hydrogen-bond donors (Lipinski definition) is 2. The smallest absolute Gasteiger partial charge is 0.251 e. The van der Waals surface area contributed by atoms with E-state index in [9.17, 15) is 4.79 Å². The second-order valence-electron chi connectivity index (χ2n) is 9.65. The first kappa shape index (κ1) is 21.5. The van der Waals surface area contributed by atoms with Crippen LogP contribution in [-0.2, 0) is 24.1 Å². The summed E-state index contributed by atoms with van der Waals surface area (Å²) < 4.78 is 11.2. The summed E-state index contributed by atoms with van der Waals surface area (Å²) in [5.74, 6) is 2.30. The molecule has 1 amide bonds. The summed E-state index contributed by atoms with van der Waals surface area (Å²) in [5.41, 5.74) is 4.74. The van der Waals surface area contributed by atoms with Crippen molar-refractivity contribution in [3.8, 4) is 5.75 Å². The number of amides is 1. The predicted octanol–water partition coefficient (Wildman–Crippen LogP) is 3.89. The van der Waals surface area contributed by atoms with E-state index in [1.807, 2.05) is 24.3 Å². The first-order chi connectivity index (χ1) is 15.7. The Morgan fingerprint density at radius 1 is 0.938 bits per heavy atom. The van der Waals surface area contributed by atoms with Crippen LogP contribution >= 0.6 is 0 Å². The largest absolute Gasteiger partial charge is 0.493 e. The van der Waals surface area contributed by atoms with E-state index in [0.29, 0.717) is 5.56 Å². The molecule has 2 aromatic rings. The molecule has 5 nitrogen and oxygen atoms in total. The molecule has 0 spiro atoms. The predicted molar refractivity (Wildman–Crippen MR) is 125 cm³/mol. The maximum Gasteiger partial charge on any atom is 0.251 e. The van der Waals surface area contributed by atoms with E-state index in [-0.39, 0.29) is 11.9 Å². The Morgan fingerprint density at radius 2 is 1.72 bits per heavy atom. The van der Waals surface area contributed by atoms with Crippen LogP contribution in [0.25, 0.3) is 0 Å². The maximum atomic E-state index is 12.7. The van der Waals surface area contributed by atoms with Crippen molar-refractivity contribution >= 4 is 5.91 Å². The minimum atomic E-state index is -0.00472. The molecule has 5 heteroatoms. The highest BCUT2D eigenvalue weighted by Crippen LogP contribution is 2.29. The van der Waals surface area contributed by atoms with Crippen LogP contribution < -0.4 is 15.4 Å². The lowest BCUT2D eigenvalue weighted by Gasteiger charge is -2.22.